The van der Waals surface area contributed by atoms with Gasteiger partial charge in [0, 0.05) is 0 Å². The summed E-state index contributed by atoms with van der Waals surface area (Å²) in [6, 6.07) is 11.3. The van der Waals surface area contributed by atoms with E-state index >= 15 is 0 Å². The zero-order valence-corrected chi connectivity index (χ0v) is 20.0. The van der Waals surface area contributed by atoms with Crippen molar-refractivity contribution < 1.29 is 33.0 Å². The molecule has 26 heavy (non-hydrogen) atoms. The SMILES string of the molecule is C[N+]1(CC2CS[P+](c3ccccc3)(C3CCCCC3)O2)CCCCC1.[I-]. The minimum absolute atomic E-state index is 0. The molecule has 5 heteroatoms. The van der Waals surface area contributed by atoms with Crippen molar-refractivity contribution in [2.75, 3.05) is 32.4 Å². The van der Waals surface area contributed by atoms with Crippen LogP contribution < -0.4 is 29.3 Å². The smallest absolute Gasteiger partial charge is 0.239 e. The van der Waals surface area contributed by atoms with Crippen molar-refractivity contribution in [2.45, 2.75) is 63.1 Å². The zero-order valence-electron chi connectivity index (χ0n) is 16.1. The minimum Gasteiger partial charge on any atom is -1.00 e. The van der Waals surface area contributed by atoms with Gasteiger partial charge in [0.15, 0.2) is 6.10 Å². The van der Waals surface area contributed by atoms with E-state index in [2.05, 4.69) is 48.8 Å². The van der Waals surface area contributed by atoms with Gasteiger partial charge < -0.3 is 28.5 Å². The summed E-state index contributed by atoms with van der Waals surface area (Å²) in [7, 11) is 2.47. The molecule has 0 aromatic heterocycles. The van der Waals surface area contributed by atoms with Crippen LogP contribution in [0.15, 0.2) is 30.3 Å². The number of quaternary nitrogens is 1. The van der Waals surface area contributed by atoms with E-state index < -0.39 is 6.69 Å². The lowest BCUT2D eigenvalue weighted by Gasteiger charge is -2.39. The summed E-state index contributed by atoms with van der Waals surface area (Å²) in [4.78, 5) is 0. The highest BCUT2D eigenvalue weighted by Gasteiger charge is 2.59. The fourth-order valence-electron chi connectivity index (χ4n) is 5.11. The van der Waals surface area contributed by atoms with Crippen molar-refractivity contribution in [1.82, 2.24) is 0 Å². The Morgan fingerprint density at radius 3 is 2.35 bits per heavy atom. The van der Waals surface area contributed by atoms with Crippen molar-refractivity contribution in [1.29, 1.82) is 0 Å². The molecule has 2 atom stereocenters. The third-order valence-corrected chi connectivity index (χ3v) is 13.9. The second-order valence-corrected chi connectivity index (χ2v) is 14.2. The first-order chi connectivity index (χ1) is 12.2. The second-order valence-electron chi connectivity index (χ2n) is 8.56. The fraction of sp³-hybridized carbons (Fsp3) is 0.714. The van der Waals surface area contributed by atoms with Crippen molar-refractivity contribution in [3.05, 3.63) is 30.3 Å². The topological polar surface area (TPSA) is 9.23 Å². The van der Waals surface area contributed by atoms with Crippen LogP contribution in [0.2, 0.25) is 0 Å². The predicted molar refractivity (Wildman–Crippen MR) is 112 cm³/mol. The van der Waals surface area contributed by atoms with Crippen LogP contribution in [0.1, 0.15) is 51.4 Å². The Labute approximate surface area is 181 Å². The van der Waals surface area contributed by atoms with Gasteiger partial charge in [-0.25, -0.2) is 4.52 Å². The van der Waals surface area contributed by atoms with E-state index in [0.717, 1.165) is 5.66 Å². The van der Waals surface area contributed by atoms with Crippen LogP contribution in [-0.4, -0.2) is 48.7 Å². The van der Waals surface area contributed by atoms with E-state index in [9.17, 15) is 0 Å². The summed E-state index contributed by atoms with van der Waals surface area (Å²) in [5.74, 6) is 1.22. The normalized spacial score (nSPS) is 32.1. The fourth-order valence-corrected chi connectivity index (χ4v) is 12.9. The maximum absolute atomic E-state index is 7.10. The maximum Gasteiger partial charge on any atom is 0.239 e. The van der Waals surface area contributed by atoms with Crippen LogP contribution in [0.25, 0.3) is 0 Å². The molecule has 0 bridgehead atoms. The Balaban J connectivity index is 0.00000196. The minimum atomic E-state index is -1.52. The van der Waals surface area contributed by atoms with E-state index in [1.54, 1.807) is 0 Å². The predicted octanol–water partition coefficient (Wildman–Crippen LogP) is 2.26. The average Bonchev–Trinajstić information content (AvgIpc) is 3.08. The molecule has 0 spiro atoms. The Morgan fingerprint density at radius 2 is 1.65 bits per heavy atom. The molecule has 1 aromatic carbocycles. The lowest BCUT2D eigenvalue weighted by atomic mass is 10.0. The number of likely N-dealkylation sites (tertiary alicyclic amines) is 1. The number of likely N-dealkylation sites (N-methyl/N-ethyl adjacent to an activating group) is 1. The largest absolute Gasteiger partial charge is 1.00 e. The van der Waals surface area contributed by atoms with Crippen molar-refractivity contribution in [3.63, 3.8) is 0 Å². The van der Waals surface area contributed by atoms with Crippen LogP contribution in [0.4, 0.5) is 0 Å². The van der Waals surface area contributed by atoms with Gasteiger partial charge in [0.2, 0.25) is 6.69 Å². The molecule has 1 saturated carbocycles. The van der Waals surface area contributed by atoms with Crippen molar-refractivity contribution in [2.24, 2.45) is 0 Å². The van der Waals surface area contributed by atoms with E-state index in [4.69, 9.17) is 4.52 Å². The monoisotopic (exact) mass is 506 g/mol. The molecule has 1 aliphatic carbocycles. The van der Waals surface area contributed by atoms with Gasteiger partial charge >= 0.3 is 0 Å². The summed E-state index contributed by atoms with van der Waals surface area (Å²) in [5, 5.41) is 1.52. The van der Waals surface area contributed by atoms with Crippen LogP contribution >= 0.6 is 18.1 Å². The third-order valence-electron chi connectivity index (χ3n) is 6.47. The third kappa shape index (κ3) is 4.62. The van der Waals surface area contributed by atoms with Crippen LogP contribution in [0.3, 0.4) is 0 Å². The Morgan fingerprint density at radius 1 is 1.00 bits per heavy atom. The quantitative estimate of drug-likeness (QED) is 0.352. The number of rotatable bonds is 4. The van der Waals surface area contributed by atoms with Gasteiger partial charge in [-0.15, -0.1) is 0 Å². The Bertz CT molecular complexity index is 562. The molecule has 2 aliphatic heterocycles. The highest BCUT2D eigenvalue weighted by Crippen LogP contribution is 2.79. The summed E-state index contributed by atoms with van der Waals surface area (Å²) >= 11 is 2.22. The number of hydrogen-bond acceptors (Lipinski definition) is 2. The molecule has 0 amide bonds. The number of piperidine rings is 1. The molecule has 3 aliphatic rings. The molecule has 0 N–H and O–H groups in total. The molecule has 2 saturated heterocycles. The van der Waals surface area contributed by atoms with Crippen LogP contribution in [0.5, 0.6) is 0 Å². The molecule has 0 radical (unpaired) electrons. The standard InChI is InChI=1S/C21H34NOPS.HI/c1-22(15-9-4-10-16-22)17-19-18-25-24(23-19,20-11-5-2-6-12-20)21-13-7-3-8-14-21;/h2,5-6,11-12,19,21H,3-4,7-10,13-18H2,1H3;1H/q+2;/p-1. The number of benzene rings is 1. The first kappa shape index (κ1) is 21.4. The first-order valence-electron chi connectivity index (χ1n) is 10.3. The van der Waals surface area contributed by atoms with Gasteiger partial charge in [-0.1, -0.05) is 24.6 Å². The Kier molecular flexibility index (Phi) is 7.75. The molecule has 2 nitrogen and oxygen atoms in total. The van der Waals surface area contributed by atoms with Crippen molar-refractivity contribution >= 4 is 23.4 Å². The van der Waals surface area contributed by atoms with E-state index in [1.807, 2.05) is 0 Å². The summed E-state index contributed by atoms with van der Waals surface area (Å²) in [6.45, 7) is 2.41. The average molecular weight is 506 g/mol. The number of nitrogens with zero attached hydrogens (tertiary/aromatic N) is 1. The lowest BCUT2D eigenvalue weighted by Crippen LogP contribution is -3.00. The second kappa shape index (κ2) is 9.43. The summed E-state index contributed by atoms with van der Waals surface area (Å²) < 4.78 is 8.34. The van der Waals surface area contributed by atoms with Gasteiger partial charge in [-0.05, 0) is 57.1 Å². The molecule has 3 fully saturated rings. The Hall–Kier alpha value is 0.650. The van der Waals surface area contributed by atoms with Gasteiger partial charge in [-0.2, -0.15) is 0 Å². The van der Waals surface area contributed by atoms with E-state index in [1.165, 1.54) is 86.5 Å². The molecule has 2 unspecified atom stereocenters. The lowest BCUT2D eigenvalue weighted by molar-refractivity contribution is -0.916. The van der Waals surface area contributed by atoms with E-state index in [0.29, 0.717) is 6.10 Å². The summed E-state index contributed by atoms with van der Waals surface area (Å²) in [5.41, 5.74) is 0.797. The molecule has 2 heterocycles. The molecule has 4 rings (SSSR count). The summed E-state index contributed by atoms with van der Waals surface area (Å²) in [6.07, 6.45) is 11.7. The highest BCUT2D eigenvalue weighted by atomic mass is 127. The number of halogens is 1. The molecule has 146 valence electrons. The first-order valence-corrected chi connectivity index (χ1v) is 13.7. The van der Waals surface area contributed by atoms with Crippen LogP contribution in [0, 0.1) is 0 Å². The highest BCUT2D eigenvalue weighted by molar-refractivity contribution is 8.63. The molecular weight excluding hydrogens is 472 g/mol. The van der Waals surface area contributed by atoms with Gasteiger partial charge in [0.05, 0.1) is 37.3 Å². The van der Waals surface area contributed by atoms with E-state index in [-0.39, 0.29) is 24.0 Å². The van der Waals surface area contributed by atoms with Gasteiger partial charge in [0.1, 0.15) is 17.5 Å². The van der Waals surface area contributed by atoms with Crippen molar-refractivity contribution in [3.8, 4) is 0 Å². The zero-order chi connectivity index (χ0) is 17.2. The molecule has 1 aromatic rings. The number of hydrogen-bond donors (Lipinski definition) is 0. The van der Waals surface area contributed by atoms with Gasteiger partial charge in [-0.3, -0.25) is 0 Å². The maximum atomic E-state index is 7.10. The molecular formula is C21H34INOPS+. The van der Waals surface area contributed by atoms with Gasteiger partial charge in [0.25, 0.3) is 0 Å². The van der Waals surface area contributed by atoms with Crippen LogP contribution in [-0.2, 0) is 4.52 Å².